The number of ether oxygens (including phenoxy) is 1. The van der Waals surface area contributed by atoms with Crippen molar-refractivity contribution >= 4 is 24.0 Å². The zero-order valence-electron chi connectivity index (χ0n) is 11.3. The number of hydrogen-bond donors (Lipinski definition) is 2. The highest BCUT2D eigenvalue weighted by Crippen LogP contribution is 2.28. The van der Waals surface area contributed by atoms with Gasteiger partial charge in [-0.3, -0.25) is 4.79 Å². The summed E-state index contributed by atoms with van der Waals surface area (Å²) in [7, 11) is 0. The molecular weight excluding hydrogens is 264 g/mol. The molecule has 1 aromatic carbocycles. The summed E-state index contributed by atoms with van der Waals surface area (Å²) in [4.78, 5) is 12.1. The number of rotatable bonds is 4. The molecular formula is C14H21ClN2O2. The van der Waals surface area contributed by atoms with Crippen LogP contribution in [0.25, 0.3) is 0 Å². The van der Waals surface area contributed by atoms with Crippen LogP contribution in [0.4, 0.5) is 5.69 Å². The van der Waals surface area contributed by atoms with E-state index in [9.17, 15) is 4.79 Å². The summed E-state index contributed by atoms with van der Waals surface area (Å²) in [6.07, 6.45) is 1.44. The SMILES string of the molecule is CCC(CC)NC(=O)C1CNc2ccccc2O1.Cl. The third-order valence-electron chi connectivity index (χ3n) is 3.26. The van der Waals surface area contributed by atoms with Gasteiger partial charge in [0, 0.05) is 6.04 Å². The molecule has 5 heteroatoms. The van der Waals surface area contributed by atoms with Crippen molar-refractivity contribution in [2.45, 2.75) is 38.8 Å². The molecule has 1 heterocycles. The average Bonchev–Trinajstić information content (AvgIpc) is 2.44. The van der Waals surface area contributed by atoms with E-state index < -0.39 is 6.10 Å². The number of carbonyl (C=O) groups is 1. The van der Waals surface area contributed by atoms with Crippen LogP contribution >= 0.6 is 12.4 Å². The van der Waals surface area contributed by atoms with E-state index in [-0.39, 0.29) is 24.4 Å². The zero-order chi connectivity index (χ0) is 13.0. The van der Waals surface area contributed by atoms with E-state index in [0.717, 1.165) is 24.3 Å². The Hall–Kier alpha value is -1.42. The predicted octanol–water partition coefficient (Wildman–Crippen LogP) is 2.59. The Morgan fingerprint density at radius 2 is 2.11 bits per heavy atom. The number of para-hydroxylation sites is 2. The molecule has 2 rings (SSSR count). The van der Waals surface area contributed by atoms with Gasteiger partial charge in [-0.05, 0) is 25.0 Å². The van der Waals surface area contributed by atoms with Crippen LogP contribution < -0.4 is 15.4 Å². The predicted molar refractivity (Wildman–Crippen MR) is 79.1 cm³/mol. The molecule has 0 aliphatic carbocycles. The van der Waals surface area contributed by atoms with Gasteiger partial charge in [-0.25, -0.2) is 0 Å². The summed E-state index contributed by atoms with van der Waals surface area (Å²) >= 11 is 0. The van der Waals surface area contributed by atoms with Crippen LogP contribution in [0.1, 0.15) is 26.7 Å². The normalized spacial score (nSPS) is 16.7. The third kappa shape index (κ3) is 3.77. The van der Waals surface area contributed by atoms with E-state index in [1.54, 1.807) is 0 Å². The molecule has 0 saturated heterocycles. The molecule has 0 fully saturated rings. The highest BCUT2D eigenvalue weighted by atomic mass is 35.5. The van der Waals surface area contributed by atoms with Crippen LogP contribution in [0.15, 0.2) is 24.3 Å². The maximum Gasteiger partial charge on any atom is 0.263 e. The van der Waals surface area contributed by atoms with E-state index >= 15 is 0 Å². The second-order valence-electron chi connectivity index (χ2n) is 4.51. The molecule has 19 heavy (non-hydrogen) atoms. The molecule has 1 aromatic rings. The number of benzene rings is 1. The summed E-state index contributed by atoms with van der Waals surface area (Å²) < 4.78 is 5.71. The number of anilines is 1. The molecule has 0 aromatic heterocycles. The van der Waals surface area contributed by atoms with Crippen LogP contribution in [0, 0.1) is 0 Å². The Balaban J connectivity index is 0.00000180. The highest BCUT2D eigenvalue weighted by molar-refractivity contribution is 5.85. The Labute approximate surface area is 120 Å². The van der Waals surface area contributed by atoms with Crippen molar-refractivity contribution in [3.05, 3.63) is 24.3 Å². The molecule has 1 unspecified atom stereocenters. The molecule has 106 valence electrons. The third-order valence-corrected chi connectivity index (χ3v) is 3.26. The first-order chi connectivity index (χ1) is 8.74. The lowest BCUT2D eigenvalue weighted by molar-refractivity contribution is -0.128. The first kappa shape index (κ1) is 15.6. The quantitative estimate of drug-likeness (QED) is 0.893. The van der Waals surface area contributed by atoms with E-state index in [1.807, 2.05) is 24.3 Å². The summed E-state index contributed by atoms with van der Waals surface area (Å²) in [5.74, 6) is 0.708. The van der Waals surface area contributed by atoms with Gasteiger partial charge in [0.2, 0.25) is 0 Å². The minimum absolute atomic E-state index is 0. The Bertz CT molecular complexity index is 422. The van der Waals surface area contributed by atoms with Gasteiger partial charge in [-0.1, -0.05) is 26.0 Å². The summed E-state index contributed by atoms with van der Waals surface area (Å²) in [5.41, 5.74) is 0.948. The summed E-state index contributed by atoms with van der Waals surface area (Å²) in [6.45, 7) is 4.66. The topological polar surface area (TPSA) is 50.4 Å². The Kier molecular flexibility index (Phi) is 5.96. The molecule has 1 aliphatic heterocycles. The van der Waals surface area contributed by atoms with E-state index in [1.165, 1.54) is 0 Å². The largest absolute Gasteiger partial charge is 0.477 e. The maximum absolute atomic E-state index is 12.1. The Morgan fingerprint density at radius 3 is 2.79 bits per heavy atom. The molecule has 4 nitrogen and oxygen atoms in total. The lowest BCUT2D eigenvalue weighted by Gasteiger charge is -2.27. The number of halogens is 1. The molecule has 2 N–H and O–H groups in total. The molecule has 0 saturated carbocycles. The maximum atomic E-state index is 12.1. The molecule has 1 atom stereocenters. The number of fused-ring (bicyclic) bond motifs is 1. The Morgan fingerprint density at radius 1 is 1.42 bits per heavy atom. The fraction of sp³-hybridized carbons (Fsp3) is 0.500. The van der Waals surface area contributed by atoms with Crippen LogP contribution in [-0.2, 0) is 4.79 Å². The first-order valence-electron chi connectivity index (χ1n) is 6.54. The number of amides is 1. The molecule has 0 bridgehead atoms. The van der Waals surface area contributed by atoms with E-state index in [0.29, 0.717) is 6.54 Å². The van der Waals surface area contributed by atoms with Gasteiger partial charge in [-0.2, -0.15) is 0 Å². The van der Waals surface area contributed by atoms with Gasteiger partial charge in [0.05, 0.1) is 12.2 Å². The van der Waals surface area contributed by atoms with Gasteiger partial charge in [0.15, 0.2) is 6.10 Å². The number of carbonyl (C=O) groups excluding carboxylic acids is 1. The van der Waals surface area contributed by atoms with Crippen molar-refractivity contribution in [1.82, 2.24) is 5.32 Å². The number of nitrogens with one attached hydrogen (secondary N) is 2. The molecule has 0 spiro atoms. The van der Waals surface area contributed by atoms with E-state index in [4.69, 9.17) is 4.74 Å². The number of hydrogen-bond acceptors (Lipinski definition) is 3. The van der Waals surface area contributed by atoms with Crippen molar-refractivity contribution in [1.29, 1.82) is 0 Å². The van der Waals surface area contributed by atoms with Crippen LogP contribution in [0.5, 0.6) is 5.75 Å². The minimum atomic E-state index is -0.444. The first-order valence-corrected chi connectivity index (χ1v) is 6.54. The molecule has 0 radical (unpaired) electrons. The smallest absolute Gasteiger partial charge is 0.263 e. The van der Waals surface area contributed by atoms with Crippen molar-refractivity contribution in [3.8, 4) is 5.75 Å². The van der Waals surface area contributed by atoms with E-state index in [2.05, 4.69) is 24.5 Å². The summed E-state index contributed by atoms with van der Waals surface area (Å²) in [5, 5.41) is 6.23. The summed E-state index contributed by atoms with van der Waals surface area (Å²) in [6, 6.07) is 7.91. The second kappa shape index (κ2) is 7.24. The van der Waals surface area contributed by atoms with Crippen LogP contribution in [-0.4, -0.2) is 24.6 Å². The average molecular weight is 285 g/mol. The second-order valence-corrected chi connectivity index (χ2v) is 4.51. The van der Waals surface area contributed by atoms with Crippen LogP contribution in [0.2, 0.25) is 0 Å². The van der Waals surface area contributed by atoms with Crippen molar-refractivity contribution < 1.29 is 9.53 Å². The van der Waals surface area contributed by atoms with Gasteiger partial charge in [0.25, 0.3) is 5.91 Å². The van der Waals surface area contributed by atoms with Gasteiger partial charge < -0.3 is 15.4 Å². The van der Waals surface area contributed by atoms with Crippen molar-refractivity contribution in [2.24, 2.45) is 0 Å². The standard InChI is InChI=1S/C14H20N2O2.ClH/c1-3-10(4-2)16-14(17)13-9-15-11-7-5-6-8-12(11)18-13;/h5-8,10,13,15H,3-4,9H2,1-2H3,(H,16,17);1H. The van der Waals surface area contributed by atoms with Crippen molar-refractivity contribution in [2.75, 3.05) is 11.9 Å². The molecule has 1 aliphatic rings. The lowest BCUT2D eigenvalue weighted by Crippen LogP contribution is -2.47. The van der Waals surface area contributed by atoms with Gasteiger partial charge >= 0.3 is 0 Å². The molecule has 1 amide bonds. The highest BCUT2D eigenvalue weighted by Gasteiger charge is 2.26. The van der Waals surface area contributed by atoms with Gasteiger partial charge in [0.1, 0.15) is 5.75 Å². The monoisotopic (exact) mass is 284 g/mol. The van der Waals surface area contributed by atoms with Crippen molar-refractivity contribution in [3.63, 3.8) is 0 Å². The fourth-order valence-corrected chi connectivity index (χ4v) is 2.05. The van der Waals surface area contributed by atoms with Gasteiger partial charge in [-0.15, -0.1) is 12.4 Å². The fourth-order valence-electron chi connectivity index (χ4n) is 2.05. The zero-order valence-corrected chi connectivity index (χ0v) is 12.1. The lowest BCUT2D eigenvalue weighted by atomic mass is 10.1. The van der Waals surface area contributed by atoms with Crippen LogP contribution in [0.3, 0.4) is 0 Å². The minimum Gasteiger partial charge on any atom is -0.477 e.